The van der Waals surface area contributed by atoms with Crippen molar-refractivity contribution in [3.63, 3.8) is 0 Å². The molecule has 0 aliphatic carbocycles. The van der Waals surface area contributed by atoms with Crippen LogP contribution in [0.25, 0.3) is 0 Å². The summed E-state index contributed by atoms with van der Waals surface area (Å²) in [5, 5.41) is 12.0. The lowest BCUT2D eigenvalue weighted by atomic mass is 10.1. The van der Waals surface area contributed by atoms with E-state index >= 15 is 0 Å². The zero-order valence-electron chi connectivity index (χ0n) is 11.6. The Balaban J connectivity index is 1.85. The van der Waals surface area contributed by atoms with Gasteiger partial charge in [-0.1, -0.05) is 12.1 Å². The third-order valence-electron chi connectivity index (χ3n) is 3.42. The van der Waals surface area contributed by atoms with Gasteiger partial charge in [0.05, 0.1) is 0 Å². The summed E-state index contributed by atoms with van der Waals surface area (Å²) < 4.78 is 5.28. The maximum atomic E-state index is 11.4. The van der Waals surface area contributed by atoms with E-state index in [1.54, 1.807) is 4.90 Å². The summed E-state index contributed by atoms with van der Waals surface area (Å²) >= 11 is 0. The Labute approximate surface area is 119 Å². The lowest BCUT2D eigenvalue weighted by Gasteiger charge is -2.30. The fourth-order valence-corrected chi connectivity index (χ4v) is 2.30. The van der Waals surface area contributed by atoms with Gasteiger partial charge >= 0.3 is 0 Å². The molecule has 0 saturated carbocycles. The van der Waals surface area contributed by atoms with Crippen LogP contribution in [0.4, 0.5) is 0 Å². The maximum Gasteiger partial charge on any atom is 0.222 e. The van der Waals surface area contributed by atoms with Crippen LogP contribution in [0.1, 0.15) is 18.4 Å². The fraction of sp³-hybridized carbons (Fsp3) is 0.467. The first-order valence-electron chi connectivity index (χ1n) is 6.75. The molecule has 1 atom stereocenters. The molecule has 1 amide bonds. The first-order chi connectivity index (χ1) is 9.69. The van der Waals surface area contributed by atoms with E-state index in [0.29, 0.717) is 18.2 Å². The van der Waals surface area contributed by atoms with E-state index < -0.39 is 0 Å². The molecule has 20 heavy (non-hydrogen) atoms. The van der Waals surface area contributed by atoms with E-state index in [0.717, 1.165) is 25.1 Å². The molecule has 0 aromatic heterocycles. The third kappa shape index (κ3) is 3.97. The van der Waals surface area contributed by atoms with Crippen LogP contribution in [0.3, 0.4) is 0 Å². The summed E-state index contributed by atoms with van der Waals surface area (Å²) in [7, 11) is 1.84. The van der Waals surface area contributed by atoms with Crippen molar-refractivity contribution in [3.8, 4) is 11.8 Å². The Morgan fingerprint density at radius 2 is 2.40 bits per heavy atom. The number of carbonyl (C=O) groups excluding carboxylic acids is 1. The molecular formula is C15H19N3O2. The monoisotopic (exact) mass is 273 g/mol. The van der Waals surface area contributed by atoms with Crippen molar-refractivity contribution < 1.29 is 9.53 Å². The topological polar surface area (TPSA) is 65.4 Å². The number of nitrogens with zero attached hydrogens (tertiary/aromatic N) is 2. The van der Waals surface area contributed by atoms with Gasteiger partial charge in [-0.05, 0) is 24.1 Å². The molecule has 0 bridgehead atoms. The van der Waals surface area contributed by atoms with Crippen molar-refractivity contribution in [2.45, 2.75) is 25.4 Å². The van der Waals surface area contributed by atoms with Crippen molar-refractivity contribution in [1.82, 2.24) is 10.2 Å². The zero-order valence-corrected chi connectivity index (χ0v) is 11.6. The van der Waals surface area contributed by atoms with Gasteiger partial charge in [-0.25, -0.2) is 0 Å². The lowest BCUT2D eigenvalue weighted by molar-refractivity contribution is -0.132. The van der Waals surface area contributed by atoms with Gasteiger partial charge in [0.2, 0.25) is 5.91 Å². The van der Waals surface area contributed by atoms with Crippen LogP contribution >= 0.6 is 0 Å². The van der Waals surface area contributed by atoms with Crippen LogP contribution in [-0.2, 0) is 11.3 Å². The van der Waals surface area contributed by atoms with Crippen molar-refractivity contribution in [3.05, 3.63) is 29.8 Å². The quantitative estimate of drug-likeness (QED) is 0.878. The number of nitrogens with one attached hydrogen (secondary N) is 1. The molecule has 1 fully saturated rings. The van der Waals surface area contributed by atoms with Gasteiger partial charge in [0.15, 0.2) is 6.61 Å². The highest BCUT2D eigenvalue weighted by Crippen LogP contribution is 2.14. The Morgan fingerprint density at radius 1 is 1.55 bits per heavy atom. The Hall–Kier alpha value is -2.06. The molecule has 2 rings (SSSR count). The van der Waals surface area contributed by atoms with E-state index in [1.165, 1.54) is 0 Å². The minimum Gasteiger partial charge on any atom is -0.479 e. The number of amides is 1. The largest absolute Gasteiger partial charge is 0.479 e. The Kier molecular flexibility index (Phi) is 4.97. The van der Waals surface area contributed by atoms with E-state index in [-0.39, 0.29) is 12.5 Å². The number of rotatable bonds is 5. The fourth-order valence-electron chi connectivity index (χ4n) is 2.30. The van der Waals surface area contributed by atoms with E-state index in [4.69, 9.17) is 10.00 Å². The highest BCUT2D eigenvalue weighted by atomic mass is 16.5. The molecule has 1 aromatic carbocycles. The average Bonchev–Trinajstić information content (AvgIpc) is 2.47. The number of likely N-dealkylation sites (tertiary alicyclic amines) is 1. The molecule has 1 heterocycles. The molecule has 1 aliphatic rings. The molecule has 0 spiro atoms. The van der Waals surface area contributed by atoms with Gasteiger partial charge in [-0.2, -0.15) is 5.26 Å². The standard InChI is InChI=1S/C15H19N3O2/c1-18-11-13(5-6-15(18)19)17-10-12-3-2-4-14(9-12)20-8-7-16/h2-4,9,13,17H,5-6,8,10-11H2,1H3. The maximum absolute atomic E-state index is 11.4. The molecule has 5 heteroatoms. The van der Waals surface area contributed by atoms with Crippen molar-refractivity contribution >= 4 is 5.91 Å². The summed E-state index contributed by atoms with van der Waals surface area (Å²) in [5.74, 6) is 0.928. The first-order valence-corrected chi connectivity index (χ1v) is 6.75. The van der Waals surface area contributed by atoms with E-state index in [1.807, 2.05) is 37.4 Å². The highest BCUT2D eigenvalue weighted by Gasteiger charge is 2.22. The van der Waals surface area contributed by atoms with E-state index in [2.05, 4.69) is 5.32 Å². The summed E-state index contributed by atoms with van der Waals surface area (Å²) in [5.41, 5.74) is 1.11. The first kappa shape index (κ1) is 14.4. The number of nitriles is 1. The molecule has 5 nitrogen and oxygen atoms in total. The minimum absolute atomic E-state index is 0.0619. The van der Waals surface area contributed by atoms with Gasteiger partial charge in [-0.15, -0.1) is 0 Å². The smallest absolute Gasteiger partial charge is 0.222 e. The Bertz CT molecular complexity index is 510. The normalized spacial score (nSPS) is 18.7. The SMILES string of the molecule is CN1CC(NCc2cccc(OCC#N)c2)CCC1=O. The molecule has 0 radical (unpaired) electrons. The van der Waals surface area contributed by atoms with Crippen LogP contribution < -0.4 is 10.1 Å². The van der Waals surface area contributed by atoms with Gasteiger partial charge in [0.25, 0.3) is 0 Å². The summed E-state index contributed by atoms with van der Waals surface area (Å²) in [6, 6.07) is 10.00. The van der Waals surface area contributed by atoms with Crippen molar-refractivity contribution in [2.75, 3.05) is 20.2 Å². The molecular weight excluding hydrogens is 254 g/mol. The lowest BCUT2D eigenvalue weighted by Crippen LogP contribution is -2.46. The average molecular weight is 273 g/mol. The molecule has 1 unspecified atom stereocenters. The number of hydrogen-bond donors (Lipinski definition) is 1. The highest BCUT2D eigenvalue weighted by molar-refractivity contribution is 5.76. The molecule has 106 valence electrons. The summed E-state index contributed by atoms with van der Waals surface area (Å²) in [6.07, 6.45) is 1.49. The summed E-state index contributed by atoms with van der Waals surface area (Å²) in [6.45, 7) is 1.55. The van der Waals surface area contributed by atoms with Gasteiger partial charge in [-0.3, -0.25) is 4.79 Å². The van der Waals surface area contributed by atoms with Crippen LogP contribution in [0.5, 0.6) is 5.75 Å². The Morgan fingerprint density at radius 3 is 3.15 bits per heavy atom. The number of benzene rings is 1. The second-order valence-electron chi connectivity index (χ2n) is 4.98. The molecule has 1 saturated heterocycles. The molecule has 1 N–H and O–H groups in total. The summed E-state index contributed by atoms with van der Waals surface area (Å²) in [4.78, 5) is 13.2. The number of likely N-dealkylation sites (N-methyl/N-ethyl adjacent to an activating group) is 1. The van der Waals surface area contributed by atoms with Crippen molar-refractivity contribution in [1.29, 1.82) is 5.26 Å². The van der Waals surface area contributed by atoms with Crippen LogP contribution in [0.2, 0.25) is 0 Å². The van der Waals surface area contributed by atoms with E-state index in [9.17, 15) is 4.79 Å². The predicted octanol–water partition coefficient (Wildman–Crippen LogP) is 1.30. The van der Waals surface area contributed by atoms with Gasteiger partial charge in [0, 0.05) is 32.6 Å². The van der Waals surface area contributed by atoms with Crippen LogP contribution in [0.15, 0.2) is 24.3 Å². The van der Waals surface area contributed by atoms with Gasteiger partial charge < -0.3 is 15.0 Å². The molecule has 1 aromatic rings. The molecule has 1 aliphatic heterocycles. The zero-order chi connectivity index (χ0) is 14.4. The number of ether oxygens (including phenoxy) is 1. The number of carbonyl (C=O) groups is 1. The van der Waals surface area contributed by atoms with Crippen molar-refractivity contribution in [2.24, 2.45) is 0 Å². The third-order valence-corrected chi connectivity index (χ3v) is 3.42. The van der Waals surface area contributed by atoms with Crippen LogP contribution in [0, 0.1) is 11.3 Å². The second-order valence-corrected chi connectivity index (χ2v) is 4.98. The number of piperidine rings is 1. The number of hydrogen-bond acceptors (Lipinski definition) is 4. The van der Waals surface area contributed by atoms with Gasteiger partial charge in [0.1, 0.15) is 11.8 Å². The van der Waals surface area contributed by atoms with Crippen LogP contribution in [-0.4, -0.2) is 37.0 Å². The second kappa shape index (κ2) is 6.92. The minimum atomic E-state index is 0.0619. The predicted molar refractivity (Wildman–Crippen MR) is 75.0 cm³/mol.